The van der Waals surface area contributed by atoms with Crippen LogP contribution in [0.25, 0.3) is 0 Å². The predicted octanol–water partition coefficient (Wildman–Crippen LogP) is 0.364. The molecule has 0 spiro atoms. The number of sulfone groups is 1. The highest BCUT2D eigenvalue weighted by Crippen LogP contribution is 2.00. The Hall–Kier alpha value is -1.31. The molecule has 0 aliphatic rings. The molecule has 0 radical (unpaired) electrons. The molecule has 0 aromatic rings. The van der Waals surface area contributed by atoms with E-state index >= 15 is 0 Å². The standard InChI is InChI=1S/C11H22N2O5S/c1-3-4-6-9(10(14)15)13-11(16)12-7-5-8-19(2,17)18/h9H,3-8H2,1-2H3,(H,14,15)(H2,12,13,16)/t9-/m0/s1. The third kappa shape index (κ3) is 10.3. The van der Waals surface area contributed by atoms with Gasteiger partial charge >= 0.3 is 12.0 Å². The SMILES string of the molecule is CCCC[C@H](NC(=O)NCCCS(C)(=O)=O)C(=O)O. The van der Waals surface area contributed by atoms with Gasteiger partial charge in [-0.3, -0.25) is 0 Å². The van der Waals surface area contributed by atoms with Crippen molar-refractivity contribution in [2.24, 2.45) is 0 Å². The smallest absolute Gasteiger partial charge is 0.326 e. The van der Waals surface area contributed by atoms with E-state index in [0.717, 1.165) is 12.7 Å². The van der Waals surface area contributed by atoms with Crippen LogP contribution in [-0.4, -0.2) is 50.1 Å². The average Bonchev–Trinajstić information content (AvgIpc) is 2.28. The van der Waals surface area contributed by atoms with Gasteiger partial charge in [0.1, 0.15) is 15.9 Å². The van der Waals surface area contributed by atoms with Crippen molar-refractivity contribution >= 4 is 21.8 Å². The van der Waals surface area contributed by atoms with E-state index in [1.54, 1.807) is 0 Å². The monoisotopic (exact) mass is 294 g/mol. The molecule has 19 heavy (non-hydrogen) atoms. The van der Waals surface area contributed by atoms with Gasteiger partial charge < -0.3 is 15.7 Å². The predicted molar refractivity (Wildman–Crippen MR) is 71.8 cm³/mol. The molecular formula is C11H22N2O5S. The lowest BCUT2D eigenvalue weighted by molar-refractivity contribution is -0.139. The highest BCUT2D eigenvalue weighted by Gasteiger charge is 2.18. The average molecular weight is 294 g/mol. The molecule has 0 aliphatic heterocycles. The van der Waals surface area contributed by atoms with E-state index in [0.29, 0.717) is 19.3 Å². The number of carboxylic acids is 1. The first-order valence-electron chi connectivity index (χ1n) is 6.21. The summed E-state index contributed by atoms with van der Waals surface area (Å²) in [6.07, 6.45) is 3.37. The summed E-state index contributed by atoms with van der Waals surface area (Å²) in [4.78, 5) is 22.3. The Morgan fingerprint density at radius 1 is 1.26 bits per heavy atom. The van der Waals surface area contributed by atoms with Gasteiger partial charge in [-0.25, -0.2) is 18.0 Å². The molecule has 2 amide bonds. The number of amides is 2. The lowest BCUT2D eigenvalue weighted by Crippen LogP contribution is -2.46. The van der Waals surface area contributed by atoms with Crippen LogP contribution >= 0.6 is 0 Å². The zero-order valence-corrected chi connectivity index (χ0v) is 12.1. The molecule has 0 aromatic carbocycles. The molecule has 0 unspecified atom stereocenters. The Kier molecular flexibility index (Phi) is 8.13. The van der Waals surface area contributed by atoms with Gasteiger partial charge in [0.25, 0.3) is 0 Å². The molecule has 0 heterocycles. The molecule has 0 rings (SSSR count). The molecule has 0 saturated carbocycles. The minimum absolute atomic E-state index is 0.00846. The van der Waals surface area contributed by atoms with E-state index in [9.17, 15) is 18.0 Å². The number of aliphatic carboxylic acids is 1. The summed E-state index contributed by atoms with van der Waals surface area (Å²) in [6.45, 7) is 2.13. The molecule has 112 valence electrons. The maximum Gasteiger partial charge on any atom is 0.326 e. The molecule has 1 atom stereocenters. The van der Waals surface area contributed by atoms with Gasteiger partial charge in [-0.2, -0.15) is 0 Å². The number of nitrogens with one attached hydrogen (secondary N) is 2. The first kappa shape index (κ1) is 17.7. The second-order valence-electron chi connectivity index (χ2n) is 4.42. The third-order valence-electron chi connectivity index (χ3n) is 2.43. The topological polar surface area (TPSA) is 113 Å². The van der Waals surface area contributed by atoms with Crippen LogP contribution in [0.15, 0.2) is 0 Å². The van der Waals surface area contributed by atoms with Crippen molar-refractivity contribution < 1.29 is 23.1 Å². The van der Waals surface area contributed by atoms with Gasteiger partial charge in [-0.1, -0.05) is 19.8 Å². The van der Waals surface area contributed by atoms with Gasteiger partial charge in [0.15, 0.2) is 0 Å². The van der Waals surface area contributed by atoms with Crippen LogP contribution in [0.5, 0.6) is 0 Å². The van der Waals surface area contributed by atoms with Gasteiger partial charge in [-0.05, 0) is 12.8 Å². The zero-order chi connectivity index (χ0) is 14.9. The molecule has 8 heteroatoms. The van der Waals surface area contributed by atoms with Gasteiger partial charge in [0, 0.05) is 12.8 Å². The first-order valence-corrected chi connectivity index (χ1v) is 8.27. The summed E-state index contributed by atoms with van der Waals surface area (Å²) < 4.78 is 21.7. The Balaban J connectivity index is 3.96. The first-order chi connectivity index (χ1) is 8.76. The Labute approximate surface area is 113 Å². The molecule has 7 nitrogen and oxygen atoms in total. The number of carboxylic acid groups (broad SMARTS) is 1. The quantitative estimate of drug-likeness (QED) is 0.532. The normalized spacial score (nSPS) is 12.7. The number of rotatable bonds is 9. The summed E-state index contributed by atoms with van der Waals surface area (Å²) in [6, 6.07) is -1.49. The highest BCUT2D eigenvalue weighted by molar-refractivity contribution is 7.90. The van der Waals surface area contributed by atoms with Crippen molar-refractivity contribution in [2.45, 2.75) is 38.6 Å². The van der Waals surface area contributed by atoms with E-state index < -0.39 is 27.9 Å². The van der Waals surface area contributed by atoms with Gasteiger partial charge in [0.2, 0.25) is 0 Å². The van der Waals surface area contributed by atoms with Crippen LogP contribution in [0.4, 0.5) is 4.79 Å². The van der Waals surface area contributed by atoms with E-state index in [1.807, 2.05) is 6.92 Å². The third-order valence-corrected chi connectivity index (χ3v) is 3.46. The molecule has 0 aromatic heterocycles. The largest absolute Gasteiger partial charge is 0.480 e. The second kappa shape index (κ2) is 8.73. The van der Waals surface area contributed by atoms with Crippen molar-refractivity contribution in [1.29, 1.82) is 0 Å². The number of carbonyl (C=O) groups is 2. The fraction of sp³-hybridized carbons (Fsp3) is 0.818. The molecule has 3 N–H and O–H groups in total. The molecular weight excluding hydrogens is 272 g/mol. The van der Waals surface area contributed by atoms with E-state index in [-0.39, 0.29) is 12.3 Å². The van der Waals surface area contributed by atoms with E-state index in [2.05, 4.69) is 10.6 Å². The Bertz CT molecular complexity index is 394. The summed E-state index contributed by atoms with van der Waals surface area (Å²) in [5.41, 5.74) is 0. The summed E-state index contributed by atoms with van der Waals surface area (Å²) in [7, 11) is -3.04. The van der Waals surface area contributed by atoms with Crippen molar-refractivity contribution in [3.05, 3.63) is 0 Å². The Morgan fingerprint density at radius 2 is 1.89 bits per heavy atom. The van der Waals surface area contributed by atoms with Crippen LogP contribution in [0.3, 0.4) is 0 Å². The fourth-order valence-corrected chi connectivity index (χ4v) is 2.08. The molecule has 0 aliphatic carbocycles. The summed E-state index contributed by atoms with van der Waals surface area (Å²) >= 11 is 0. The molecule has 0 saturated heterocycles. The van der Waals surface area contributed by atoms with Crippen molar-refractivity contribution in [1.82, 2.24) is 10.6 Å². The minimum Gasteiger partial charge on any atom is -0.480 e. The molecule has 0 fully saturated rings. The van der Waals surface area contributed by atoms with Crippen LogP contribution in [0.1, 0.15) is 32.6 Å². The summed E-state index contributed by atoms with van der Waals surface area (Å²) in [5, 5.41) is 13.7. The van der Waals surface area contributed by atoms with Gasteiger partial charge in [0.05, 0.1) is 5.75 Å². The lowest BCUT2D eigenvalue weighted by Gasteiger charge is -2.14. The Morgan fingerprint density at radius 3 is 2.37 bits per heavy atom. The van der Waals surface area contributed by atoms with Gasteiger partial charge in [-0.15, -0.1) is 0 Å². The zero-order valence-electron chi connectivity index (χ0n) is 11.3. The highest BCUT2D eigenvalue weighted by atomic mass is 32.2. The molecule has 0 bridgehead atoms. The fourth-order valence-electron chi connectivity index (χ4n) is 1.41. The van der Waals surface area contributed by atoms with Crippen LogP contribution in [0.2, 0.25) is 0 Å². The number of carbonyl (C=O) groups excluding carboxylic acids is 1. The van der Waals surface area contributed by atoms with Crippen molar-refractivity contribution in [3.63, 3.8) is 0 Å². The summed E-state index contributed by atoms with van der Waals surface area (Å²) in [5.74, 6) is -1.08. The van der Waals surface area contributed by atoms with Crippen molar-refractivity contribution in [3.8, 4) is 0 Å². The second-order valence-corrected chi connectivity index (χ2v) is 6.68. The maximum absolute atomic E-state index is 11.4. The van der Waals surface area contributed by atoms with E-state index in [4.69, 9.17) is 5.11 Å². The minimum atomic E-state index is -3.04. The number of hydrogen-bond acceptors (Lipinski definition) is 4. The van der Waals surface area contributed by atoms with Crippen LogP contribution < -0.4 is 10.6 Å². The maximum atomic E-state index is 11.4. The van der Waals surface area contributed by atoms with E-state index in [1.165, 1.54) is 0 Å². The number of urea groups is 1. The number of unbranched alkanes of at least 4 members (excludes halogenated alkanes) is 1. The van der Waals surface area contributed by atoms with Crippen LogP contribution in [0, 0.1) is 0 Å². The van der Waals surface area contributed by atoms with Crippen LogP contribution in [-0.2, 0) is 14.6 Å². The van der Waals surface area contributed by atoms with Crippen molar-refractivity contribution in [2.75, 3.05) is 18.6 Å². The lowest BCUT2D eigenvalue weighted by atomic mass is 10.1. The number of hydrogen-bond donors (Lipinski definition) is 3.